The molecule has 0 radical (unpaired) electrons. The van der Waals surface area contributed by atoms with E-state index >= 15 is 0 Å². The van der Waals surface area contributed by atoms with Crippen LogP contribution in [0.3, 0.4) is 0 Å². The topological polar surface area (TPSA) is 55.9 Å². The predicted molar refractivity (Wildman–Crippen MR) is 83.3 cm³/mol. The summed E-state index contributed by atoms with van der Waals surface area (Å²) < 4.78 is 4.08. The predicted octanol–water partition coefficient (Wildman–Crippen LogP) is 2.33. The highest BCUT2D eigenvalue weighted by Gasteiger charge is 2.16. The molecule has 2 heterocycles. The number of aromatic nitrogens is 4. The van der Waals surface area contributed by atoms with E-state index in [1.165, 1.54) is 5.69 Å². The van der Waals surface area contributed by atoms with Crippen LogP contribution < -0.4 is 0 Å². The van der Waals surface area contributed by atoms with Crippen LogP contribution in [0.15, 0.2) is 6.07 Å². The number of nitrogens with zero attached hydrogens (tertiary/aromatic N) is 4. The molecule has 0 aliphatic carbocycles. The summed E-state index contributed by atoms with van der Waals surface area (Å²) in [5.74, 6) is 0. The minimum atomic E-state index is 0.0690. The molecule has 0 spiro atoms. The van der Waals surface area contributed by atoms with Gasteiger partial charge in [-0.2, -0.15) is 10.2 Å². The fourth-order valence-corrected chi connectivity index (χ4v) is 2.82. The zero-order valence-corrected chi connectivity index (χ0v) is 13.6. The highest BCUT2D eigenvalue weighted by atomic mass is 16.3. The van der Waals surface area contributed by atoms with E-state index in [2.05, 4.69) is 38.9 Å². The van der Waals surface area contributed by atoms with Gasteiger partial charge in [0.15, 0.2) is 0 Å². The number of aliphatic hydroxyl groups is 1. The van der Waals surface area contributed by atoms with Gasteiger partial charge in [0.25, 0.3) is 0 Å². The molecule has 0 aliphatic heterocycles. The van der Waals surface area contributed by atoms with Crippen molar-refractivity contribution in [1.82, 2.24) is 19.6 Å². The summed E-state index contributed by atoms with van der Waals surface area (Å²) >= 11 is 0. The molecule has 2 rings (SSSR count). The van der Waals surface area contributed by atoms with Gasteiger partial charge < -0.3 is 5.11 Å². The Morgan fingerprint density at radius 3 is 2.29 bits per heavy atom. The largest absolute Gasteiger partial charge is 0.392 e. The molecule has 0 fully saturated rings. The number of rotatable bonds is 7. The van der Waals surface area contributed by atoms with E-state index in [0.717, 1.165) is 55.0 Å². The van der Waals surface area contributed by atoms with Crippen LogP contribution >= 0.6 is 0 Å². The van der Waals surface area contributed by atoms with E-state index in [1.54, 1.807) is 0 Å². The molecule has 0 amide bonds. The molecule has 0 saturated heterocycles. The van der Waals surface area contributed by atoms with Crippen LogP contribution in [0.25, 0.3) is 0 Å². The Hall–Kier alpha value is -1.62. The van der Waals surface area contributed by atoms with Crippen LogP contribution in [-0.2, 0) is 39.0 Å². The Morgan fingerprint density at radius 1 is 1.00 bits per heavy atom. The molecule has 0 unspecified atom stereocenters. The fraction of sp³-hybridized carbons (Fsp3) is 0.625. The Morgan fingerprint density at radius 2 is 1.76 bits per heavy atom. The lowest BCUT2D eigenvalue weighted by atomic mass is 10.1. The van der Waals surface area contributed by atoms with Crippen molar-refractivity contribution in [2.75, 3.05) is 0 Å². The van der Waals surface area contributed by atoms with Crippen LogP contribution in [0.5, 0.6) is 0 Å². The Balaban J connectivity index is 2.39. The molecule has 0 aromatic carbocycles. The van der Waals surface area contributed by atoms with E-state index < -0.39 is 0 Å². The Labute approximate surface area is 126 Å². The van der Waals surface area contributed by atoms with E-state index in [-0.39, 0.29) is 6.61 Å². The lowest BCUT2D eigenvalue weighted by Crippen LogP contribution is -2.11. The summed E-state index contributed by atoms with van der Waals surface area (Å²) in [6, 6.07) is 2.16. The summed E-state index contributed by atoms with van der Waals surface area (Å²) in [6.45, 7) is 10.1. The zero-order chi connectivity index (χ0) is 15.4. The quantitative estimate of drug-likeness (QED) is 0.851. The molecule has 1 N–H and O–H groups in total. The lowest BCUT2D eigenvalue weighted by Gasteiger charge is -2.08. The monoisotopic (exact) mass is 290 g/mol. The van der Waals surface area contributed by atoms with Gasteiger partial charge >= 0.3 is 0 Å². The second-order valence-corrected chi connectivity index (χ2v) is 5.19. The molecule has 0 atom stereocenters. The van der Waals surface area contributed by atoms with E-state index in [1.807, 2.05) is 9.36 Å². The van der Waals surface area contributed by atoms with Gasteiger partial charge in [-0.05, 0) is 32.3 Å². The van der Waals surface area contributed by atoms with Crippen LogP contribution in [0.2, 0.25) is 0 Å². The first kappa shape index (κ1) is 15.8. The Bertz CT molecular complexity index is 598. The first-order valence-electron chi connectivity index (χ1n) is 7.92. The molecule has 0 bridgehead atoms. The van der Waals surface area contributed by atoms with Gasteiger partial charge in [0.05, 0.1) is 30.2 Å². The maximum absolute atomic E-state index is 9.61. The SMILES string of the molecule is CCc1cc(Cn2nc(CC)c(CO)c2CC)n(CC)n1. The van der Waals surface area contributed by atoms with E-state index in [0.29, 0.717) is 0 Å². The molecule has 0 aliphatic rings. The highest BCUT2D eigenvalue weighted by molar-refractivity contribution is 5.27. The van der Waals surface area contributed by atoms with Crippen molar-refractivity contribution in [3.05, 3.63) is 34.4 Å². The van der Waals surface area contributed by atoms with Crippen molar-refractivity contribution in [1.29, 1.82) is 0 Å². The third-order valence-corrected chi connectivity index (χ3v) is 3.97. The molecule has 5 heteroatoms. The van der Waals surface area contributed by atoms with Crippen molar-refractivity contribution in [3.63, 3.8) is 0 Å². The van der Waals surface area contributed by atoms with E-state index in [4.69, 9.17) is 5.10 Å². The minimum absolute atomic E-state index is 0.0690. The highest BCUT2D eigenvalue weighted by Crippen LogP contribution is 2.18. The summed E-state index contributed by atoms with van der Waals surface area (Å²) in [7, 11) is 0. The smallest absolute Gasteiger partial charge is 0.0831 e. The molecular weight excluding hydrogens is 264 g/mol. The average Bonchev–Trinajstić information content (AvgIpc) is 3.07. The van der Waals surface area contributed by atoms with Gasteiger partial charge in [-0.15, -0.1) is 0 Å². The second kappa shape index (κ2) is 6.89. The van der Waals surface area contributed by atoms with Gasteiger partial charge in [-0.1, -0.05) is 20.8 Å². The van der Waals surface area contributed by atoms with Gasteiger partial charge in [0.2, 0.25) is 0 Å². The molecule has 2 aromatic rings. The lowest BCUT2D eigenvalue weighted by molar-refractivity contribution is 0.279. The van der Waals surface area contributed by atoms with Crippen LogP contribution in [0.1, 0.15) is 56.0 Å². The molecule has 2 aromatic heterocycles. The second-order valence-electron chi connectivity index (χ2n) is 5.19. The summed E-state index contributed by atoms with van der Waals surface area (Å²) in [6.07, 6.45) is 2.68. The first-order chi connectivity index (χ1) is 10.2. The molecular formula is C16H26N4O. The summed E-state index contributed by atoms with van der Waals surface area (Å²) in [4.78, 5) is 0. The summed E-state index contributed by atoms with van der Waals surface area (Å²) in [5, 5.41) is 18.9. The Kier molecular flexibility index (Phi) is 5.17. The minimum Gasteiger partial charge on any atom is -0.392 e. The fourth-order valence-electron chi connectivity index (χ4n) is 2.82. The number of aryl methyl sites for hydroxylation is 3. The van der Waals surface area contributed by atoms with Crippen molar-refractivity contribution in [2.24, 2.45) is 0 Å². The van der Waals surface area contributed by atoms with E-state index in [9.17, 15) is 5.11 Å². The zero-order valence-electron chi connectivity index (χ0n) is 13.6. The normalized spacial score (nSPS) is 11.3. The van der Waals surface area contributed by atoms with Gasteiger partial charge in [-0.25, -0.2) is 0 Å². The van der Waals surface area contributed by atoms with Gasteiger partial charge in [0, 0.05) is 17.8 Å². The third-order valence-electron chi connectivity index (χ3n) is 3.97. The maximum Gasteiger partial charge on any atom is 0.0831 e. The average molecular weight is 290 g/mol. The molecule has 5 nitrogen and oxygen atoms in total. The number of hydrogen-bond acceptors (Lipinski definition) is 3. The number of aliphatic hydroxyl groups excluding tert-OH is 1. The van der Waals surface area contributed by atoms with Crippen LogP contribution in [-0.4, -0.2) is 24.7 Å². The third kappa shape index (κ3) is 3.02. The summed E-state index contributed by atoms with van der Waals surface area (Å²) in [5.41, 5.74) is 5.44. The van der Waals surface area contributed by atoms with Crippen molar-refractivity contribution in [3.8, 4) is 0 Å². The van der Waals surface area contributed by atoms with Gasteiger partial charge in [0.1, 0.15) is 0 Å². The van der Waals surface area contributed by atoms with Gasteiger partial charge in [-0.3, -0.25) is 9.36 Å². The maximum atomic E-state index is 9.61. The van der Waals surface area contributed by atoms with Crippen molar-refractivity contribution < 1.29 is 5.11 Å². The van der Waals surface area contributed by atoms with Crippen molar-refractivity contribution >= 4 is 0 Å². The molecule has 21 heavy (non-hydrogen) atoms. The van der Waals surface area contributed by atoms with Crippen LogP contribution in [0, 0.1) is 0 Å². The van der Waals surface area contributed by atoms with Crippen molar-refractivity contribution in [2.45, 2.75) is 66.7 Å². The standard InChI is InChI=1S/C16H26N4O/c1-5-12-9-13(19(8-4)17-12)10-20-16(7-3)14(11-21)15(6-2)18-20/h9,21H,5-8,10-11H2,1-4H3. The first-order valence-corrected chi connectivity index (χ1v) is 7.92. The molecule has 116 valence electrons. The van der Waals surface area contributed by atoms with Crippen LogP contribution in [0.4, 0.5) is 0 Å². The number of hydrogen-bond donors (Lipinski definition) is 1. The molecule has 0 saturated carbocycles.